The molecule has 9 heteroatoms. The molecule has 152 valence electrons. The lowest BCUT2D eigenvalue weighted by molar-refractivity contribution is -0.142. The highest BCUT2D eigenvalue weighted by molar-refractivity contribution is 6.42. The van der Waals surface area contributed by atoms with E-state index in [1.807, 2.05) is 19.9 Å². The molecule has 3 N–H and O–H groups in total. The van der Waals surface area contributed by atoms with E-state index in [1.165, 1.54) is 0 Å². The predicted molar refractivity (Wildman–Crippen MR) is 107 cm³/mol. The van der Waals surface area contributed by atoms with Crippen LogP contribution in [0.25, 0.3) is 0 Å². The van der Waals surface area contributed by atoms with E-state index >= 15 is 0 Å². The van der Waals surface area contributed by atoms with Crippen LogP contribution in [0.3, 0.4) is 0 Å². The quantitative estimate of drug-likeness (QED) is 0.536. The highest BCUT2D eigenvalue weighted by Gasteiger charge is 2.27. The number of nitrogens with one attached hydrogen (secondary N) is 1. The van der Waals surface area contributed by atoms with Gasteiger partial charge in [0.2, 0.25) is 0 Å². The van der Waals surface area contributed by atoms with Gasteiger partial charge in [0.15, 0.2) is 0 Å². The molecular formula is C19H23Cl2N3O4. The molecule has 1 heterocycles. The van der Waals surface area contributed by atoms with Crippen molar-refractivity contribution in [3.8, 4) is 0 Å². The molecule has 0 radical (unpaired) electrons. The fourth-order valence-electron chi connectivity index (χ4n) is 2.88. The zero-order valence-corrected chi connectivity index (χ0v) is 17.1. The van der Waals surface area contributed by atoms with Gasteiger partial charge in [-0.2, -0.15) is 0 Å². The summed E-state index contributed by atoms with van der Waals surface area (Å²) in [6, 6.07) is 3.27. The van der Waals surface area contributed by atoms with E-state index < -0.39 is 24.0 Å². The van der Waals surface area contributed by atoms with Crippen molar-refractivity contribution >= 4 is 35.1 Å². The first-order valence-corrected chi connectivity index (χ1v) is 9.57. The van der Waals surface area contributed by atoms with Crippen LogP contribution >= 0.6 is 23.2 Å². The molecule has 1 unspecified atom stereocenters. The van der Waals surface area contributed by atoms with Crippen LogP contribution in [0.4, 0.5) is 0 Å². The average Bonchev–Trinajstić information content (AvgIpc) is 3.03. The number of hydrogen-bond acceptors (Lipinski definition) is 4. The summed E-state index contributed by atoms with van der Waals surface area (Å²) in [4.78, 5) is 27.3. The Morgan fingerprint density at radius 1 is 1.14 bits per heavy atom. The number of imidazole rings is 1. The molecule has 0 aliphatic rings. The Hall–Kier alpha value is -2.09. The Morgan fingerprint density at radius 2 is 1.82 bits per heavy atom. The summed E-state index contributed by atoms with van der Waals surface area (Å²) in [7, 11) is 0. The van der Waals surface area contributed by atoms with E-state index in [0.29, 0.717) is 28.7 Å². The summed E-state index contributed by atoms with van der Waals surface area (Å²) in [5, 5.41) is 22.6. The van der Waals surface area contributed by atoms with Crippen LogP contribution in [0.5, 0.6) is 0 Å². The molecule has 2 atom stereocenters. The molecule has 0 bridgehead atoms. The monoisotopic (exact) mass is 427 g/mol. The standard InChI is InChI=1S/C19H23Cl2N3O4/c1-11(2)5-16(18(25)26)23-17(19(27)28)7-13-8-22-10-24(13)9-12-3-4-14(20)15(21)6-12/h3-4,6,8,10-11,16-17,23H,5,7,9H2,1-2H3,(H,25,26)(H,27,28)/t16?,17-/m0/s1. The number of rotatable bonds is 10. The van der Waals surface area contributed by atoms with Crippen molar-refractivity contribution < 1.29 is 19.8 Å². The van der Waals surface area contributed by atoms with Crippen molar-refractivity contribution in [2.75, 3.05) is 0 Å². The first kappa shape index (κ1) is 22.2. The number of aliphatic carboxylic acids is 2. The van der Waals surface area contributed by atoms with Crippen molar-refractivity contribution in [3.63, 3.8) is 0 Å². The van der Waals surface area contributed by atoms with E-state index in [9.17, 15) is 19.8 Å². The minimum absolute atomic E-state index is 0.0958. The summed E-state index contributed by atoms with van der Waals surface area (Å²) in [5.41, 5.74) is 1.55. The zero-order chi connectivity index (χ0) is 20.8. The van der Waals surface area contributed by atoms with Crippen LogP contribution in [-0.4, -0.2) is 43.8 Å². The molecule has 1 aromatic carbocycles. The van der Waals surface area contributed by atoms with Gasteiger partial charge in [0.1, 0.15) is 12.1 Å². The van der Waals surface area contributed by atoms with Crippen LogP contribution < -0.4 is 5.32 Å². The maximum atomic E-state index is 11.7. The van der Waals surface area contributed by atoms with Gasteiger partial charge < -0.3 is 14.8 Å². The third-order valence-corrected chi connectivity index (χ3v) is 4.99. The molecule has 0 fully saturated rings. The first-order valence-electron chi connectivity index (χ1n) is 8.82. The maximum Gasteiger partial charge on any atom is 0.321 e. The number of carboxylic acid groups (broad SMARTS) is 2. The van der Waals surface area contributed by atoms with Crippen LogP contribution in [-0.2, 0) is 22.6 Å². The third kappa shape index (κ3) is 6.22. The van der Waals surface area contributed by atoms with Crippen molar-refractivity contribution in [2.24, 2.45) is 5.92 Å². The van der Waals surface area contributed by atoms with E-state index in [0.717, 1.165) is 5.56 Å². The lowest BCUT2D eigenvalue weighted by atomic mass is 10.0. The molecule has 2 rings (SSSR count). The molecule has 1 aromatic heterocycles. The summed E-state index contributed by atoms with van der Waals surface area (Å²) in [6.07, 6.45) is 3.60. The Labute approximate surface area is 173 Å². The molecular weight excluding hydrogens is 405 g/mol. The van der Waals surface area contributed by atoms with Gasteiger partial charge in [0, 0.05) is 24.9 Å². The molecule has 0 spiro atoms. The Morgan fingerprint density at radius 3 is 2.39 bits per heavy atom. The van der Waals surface area contributed by atoms with Gasteiger partial charge in [0.05, 0.1) is 16.4 Å². The van der Waals surface area contributed by atoms with Crippen molar-refractivity contribution in [1.29, 1.82) is 0 Å². The highest BCUT2D eigenvalue weighted by Crippen LogP contribution is 2.23. The van der Waals surface area contributed by atoms with Crippen LogP contribution in [0.15, 0.2) is 30.7 Å². The fraction of sp³-hybridized carbons (Fsp3) is 0.421. The third-order valence-electron chi connectivity index (χ3n) is 4.25. The topological polar surface area (TPSA) is 104 Å². The molecule has 0 saturated carbocycles. The van der Waals surface area contributed by atoms with Gasteiger partial charge >= 0.3 is 11.9 Å². The van der Waals surface area contributed by atoms with E-state index in [2.05, 4.69) is 10.3 Å². The molecule has 0 aliphatic heterocycles. The van der Waals surface area contributed by atoms with Gasteiger partial charge in [-0.3, -0.25) is 14.9 Å². The predicted octanol–water partition coefficient (Wildman–Crippen LogP) is 3.32. The summed E-state index contributed by atoms with van der Waals surface area (Å²) >= 11 is 12.0. The number of nitrogens with zero attached hydrogens (tertiary/aromatic N) is 2. The molecule has 0 saturated heterocycles. The zero-order valence-electron chi connectivity index (χ0n) is 15.6. The molecule has 28 heavy (non-hydrogen) atoms. The summed E-state index contributed by atoms with van der Waals surface area (Å²) in [5.74, 6) is -2.07. The number of halogens is 2. The van der Waals surface area contributed by atoms with E-state index in [1.54, 1.807) is 29.2 Å². The van der Waals surface area contributed by atoms with Crippen LogP contribution in [0, 0.1) is 5.92 Å². The Balaban J connectivity index is 2.15. The second-order valence-corrected chi connectivity index (χ2v) is 7.86. The van der Waals surface area contributed by atoms with Gasteiger partial charge in [0.25, 0.3) is 0 Å². The van der Waals surface area contributed by atoms with Gasteiger partial charge in [-0.25, -0.2) is 4.98 Å². The van der Waals surface area contributed by atoms with E-state index in [-0.39, 0.29) is 12.3 Å². The normalized spacial score (nSPS) is 13.5. The summed E-state index contributed by atoms with van der Waals surface area (Å²) < 4.78 is 1.80. The molecule has 7 nitrogen and oxygen atoms in total. The molecule has 2 aromatic rings. The van der Waals surface area contributed by atoms with Crippen LogP contribution in [0.2, 0.25) is 10.0 Å². The Bertz CT molecular complexity index is 838. The molecule has 0 amide bonds. The van der Waals surface area contributed by atoms with Crippen molar-refractivity contribution in [2.45, 2.75) is 45.3 Å². The highest BCUT2D eigenvalue weighted by atomic mass is 35.5. The van der Waals surface area contributed by atoms with Crippen LogP contribution in [0.1, 0.15) is 31.5 Å². The Kier molecular flexibility index (Phi) is 7.86. The van der Waals surface area contributed by atoms with Gasteiger partial charge in [-0.05, 0) is 30.0 Å². The SMILES string of the molecule is CC(C)CC(N[C@@H](Cc1cncn1Cc1ccc(Cl)c(Cl)c1)C(=O)O)C(=O)O. The number of carbonyl (C=O) groups is 2. The van der Waals surface area contributed by atoms with Crippen molar-refractivity contribution in [3.05, 3.63) is 52.0 Å². The lowest BCUT2D eigenvalue weighted by Crippen LogP contribution is -2.49. The second kappa shape index (κ2) is 9.91. The first-order chi connectivity index (χ1) is 13.2. The number of aromatic nitrogens is 2. The van der Waals surface area contributed by atoms with E-state index in [4.69, 9.17) is 23.2 Å². The fourth-order valence-corrected chi connectivity index (χ4v) is 3.20. The largest absolute Gasteiger partial charge is 0.480 e. The lowest BCUT2D eigenvalue weighted by Gasteiger charge is -2.22. The van der Waals surface area contributed by atoms with Gasteiger partial charge in [-0.1, -0.05) is 43.1 Å². The smallest absolute Gasteiger partial charge is 0.321 e. The molecule has 0 aliphatic carbocycles. The number of carboxylic acids is 2. The number of hydrogen-bond donors (Lipinski definition) is 3. The van der Waals surface area contributed by atoms with Crippen molar-refractivity contribution in [1.82, 2.24) is 14.9 Å². The van der Waals surface area contributed by atoms with Gasteiger partial charge in [-0.15, -0.1) is 0 Å². The minimum atomic E-state index is -1.11. The number of benzene rings is 1. The maximum absolute atomic E-state index is 11.7. The second-order valence-electron chi connectivity index (χ2n) is 7.04. The minimum Gasteiger partial charge on any atom is -0.480 e. The summed E-state index contributed by atoms with van der Waals surface area (Å²) in [6.45, 7) is 4.21. The average molecular weight is 428 g/mol.